The zero-order valence-corrected chi connectivity index (χ0v) is 19.8. The van der Waals surface area contributed by atoms with E-state index in [0.717, 1.165) is 29.8 Å². The van der Waals surface area contributed by atoms with Crippen LogP contribution in [0, 0.1) is 12.7 Å². The zero-order chi connectivity index (χ0) is 24.5. The minimum Gasteiger partial charge on any atom is -0.477 e. The minimum absolute atomic E-state index is 0.357. The summed E-state index contributed by atoms with van der Waals surface area (Å²) in [6.45, 7) is 2.91. The molecule has 1 unspecified atom stereocenters. The molecule has 2 fully saturated rings. The molecule has 7 rings (SSSR count). The number of nitrogens with zero attached hydrogens (tertiary/aromatic N) is 4. The van der Waals surface area contributed by atoms with E-state index in [1.54, 1.807) is 12.1 Å². The Bertz CT molecular complexity index is 1430. The van der Waals surface area contributed by atoms with Gasteiger partial charge >= 0.3 is 0 Å². The Morgan fingerprint density at radius 3 is 2.56 bits per heavy atom. The van der Waals surface area contributed by atoms with Crippen molar-refractivity contribution in [3.63, 3.8) is 0 Å². The van der Waals surface area contributed by atoms with Crippen LogP contribution in [0.4, 0.5) is 4.39 Å². The van der Waals surface area contributed by atoms with Gasteiger partial charge in [-0.2, -0.15) is 0 Å². The van der Waals surface area contributed by atoms with Crippen LogP contribution in [0.2, 0.25) is 0 Å². The molecule has 36 heavy (non-hydrogen) atoms. The molecule has 1 atom stereocenters. The van der Waals surface area contributed by atoms with Crippen LogP contribution in [0.25, 0.3) is 11.8 Å². The highest BCUT2D eigenvalue weighted by atomic mass is 19.1. The summed E-state index contributed by atoms with van der Waals surface area (Å²) in [5.74, 6) is 0.722. The van der Waals surface area contributed by atoms with E-state index in [4.69, 9.17) is 14.3 Å². The van der Waals surface area contributed by atoms with Gasteiger partial charge in [-0.25, -0.2) is 9.37 Å². The van der Waals surface area contributed by atoms with E-state index >= 15 is 0 Å². The number of aliphatic hydroxyl groups is 1. The van der Waals surface area contributed by atoms with Gasteiger partial charge in [-0.05, 0) is 72.9 Å². The van der Waals surface area contributed by atoms with Gasteiger partial charge in [0.25, 0.3) is 5.72 Å². The Labute approximate surface area is 207 Å². The largest absolute Gasteiger partial charge is 0.477 e. The number of aromatic nitrogens is 2. The summed E-state index contributed by atoms with van der Waals surface area (Å²) >= 11 is 0. The van der Waals surface area contributed by atoms with Gasteiger partial charge < -0.3 is 28.9 Å². The fraction of sp³-hybridized carbons (Fsp3) is 0.333. The number of imidazole rings is 1. The number of ether oxygens (including phenoxy) is 2. The van der Waals surface area contributed by atoms with E-state index in [1.165, 1.54) is 23.3 Å². The molecule has 0 saturated carbocycles. The number of oxime groups is 1. The van der Waals surface area contributed by atoms with Crippen LogP contribution in [-0.2, 0) is 32.9 Å². The third-order valence-electron chi connectivity index (χ3n) is 7.55. The number of aryl methyl sites for hydroxylation is 1. The Kier molecular flexibility index (Phi) is 4.59. The molecule has 9 heteroatoms. The second-order valence-corrected chi connectivity index (χ2v) is 9.88. The average molecular weight is 489 g/mol. The first kappa shape index (κ1) is 21.6. The molecule has 3 aromatic rings. The van der Waals surface area contributed by atoms with Crippen molar-refractivity contribution in [1.29, 1.82) is 0 Å². The van der Waals surface area contributed by atoms with Gasteiger partial charge in [0.15, 0.2) is 11.4 Å². The zero-order valence-electron chi connectivity index (χ0n) is 19.8. The predicted molar refractivity (Wildman–Crippen MR) is 129 cm³/mol. The first-order valence-electron chi connectivity index (χ1n) is 12.1. The van der Waals surface area contributed by atoms with Crippen LogP contribution in [0.3, 0.4) is 0 Å². The lowest BCUT2D eigenvalue weighted by molar-refractivity contribution is -0.223. The van der Waals surface area contributed by atoms with Crippen molar-refractivity contribution in [2.75, 3.05) is 26.4 Å². The maximum absolute atomic E-state index is 13.6. The topological polar surface area (TPSA) is 81.3 Å². The minimum atomic E-state index is -1.26. The Balaban J connectivity index is 1.29. The summed E-state index contributed by atoms with van der Waals surface area (Å²) in [7, 11) is 0. The summed E-state index contributed by atoms with van der Waals surface area (Å²) in [6, 6.07) is 10.2. The van der Waals surface area contributed by atoms with Crippen molar-refractivity contribution in [2.24, 2.45) is 5.16 Å². The third kappa shape index (κ3) is 3.06. The normalized spacial score (nSPS) is 24.4. The molecule has 1 aromatic heterocycles. The molecule has 3 aliphatic heterocycles. The third-order valence-corrected chi connectivity index (χ3v) is 7.55. The second-order valence-electron chi connectivity index (χ2n) is 9.88. The number of hydrogen-bond acceptors (Lipinski definition) is 7. The highest BCUT2D eigenvalue weighted by Gasteiger charge is 2.58. The number of halogens is 1. The maximum Gasteiger partial charge on any atom is 0.260 e. The van der Waals surface area contributed by atoms with Crippen molar-refractivity contribution in [3.8, 4) is 5.69 Å². The van der Waals surface area contributed by atoms with Crippen molar-refractivity contribution < 1.29 is 23.8 Å². The Morgan fingerprint density at radius 2 is 1.92 bits per heavy atom. The molecule has 0 bridgehead atoms. The average Bonchev–Trinajstić information content (AvgIpc) is 3.43. The lowest BCUT2D eigenvalue weighted by Crippen LogP contribution is -2.66. The number of rotatable bonds is 4. The first-order chi connectivity index (χ1) is 17.5. The smallest absolute Gasteiger partial charge is 0.260 e. The van der Waals surface area contributed by atoms with Gasteiger partial charge in [0.2, 0.25) is 5.84 Å². The van der Waals surface area contributed by atoms with Crippen LogP contribution in [0.1, 0.15) is 27.9 Å². The number of benzene rings is 2. The summed E-state index contributed by atoms with van der Waals surface area (Å²) in [6.07, 6.45) is 7.87. The van der Waals surface area contributed by atoms with Crippen LogP contribution in [0.15, 0.2) is 59.8 Å². The Morgan fingerprint density at radius 1 is 1.11 bits per heavy atom. The number of amidine groups is 1. The highest BCUT2D eigenvalue weighted by molar-refractivity contribution is 6.02. The van der Waals surface area contributed by atoms with E-state index in [2.05, 4.69) is 26.8 Å². The quantitative estimate of drug-likeness (QED) is 0.608. The molecule has 4 heterocycles. The Hall–Kier alpha value is -3.69. The summed E-state index contributed by atoms with van der Waals surface area (Å²) < 4.78 is 27.7. The number of fused-ring (bicyclic) bond motifs is 2. The van der Waals surface area contributed by atoms with Crippen LogP contribution >= 0.6 is 0 Å². The van der Waals surface area contributed by atoms with Crippen LogP contribution < -0.4 is 0 Å². The van der Waals surface area contributed by atoms with Gasteiger partial charge in [-0.1, -0.05) is 11.2 Å². The lowest BCUT2D eigenvalue weighted by Gasteiger charge is -2.50. The van der Waals surface area contributed by atoms with Crippen LogP contribution in [-0.4, -0.2) is 57.4 Å². The summed E-state index contributed by atoms with van der Waals surface area (Å²) in [4.78, 5) is 12.2. The molecule has 0 amide bonds. The van der Waals surface area contributed by atoms with Crippen molar-refractivity contribution in [1.82, 2.24) is 14.5 Å². The molecule has 0 radical (unpaired) electrons. The first-order valence-corrected chi connectivity index (χ1v) is 12.1. The van der Waals surface area contributed by atoms with Gasteiger partial charge in [-0.3, -0.25) is 0 Å². The summed E-state index contributed by atoms with van der Waals surface area (Å²) in [5, 5.41) is 14.9. The molecule has 184 valence electrons. The monoisotopic (exact) mass is 488 g/mol. The van der Waals surface area contributed by atoms with E-state index in [0.29, 0.717) is 36.9 Å². The van der Waals surface area contributed by atoms with Gasteiger partial charge in [-0.15, -0.1) is 0 Å². The summed E-state index contributed by atoms with van der Waals surface area (Å²) in [5.41, 5.74) is 4.55. The standard InChI is InChI=1S/C27H25FN4O4/c1-17-11-31(16-29-17)23-9-2-18(21-7-8-22(21)23)10-24-25-30-36-27(13-33,19-3-5-20(28)6-4-19)32(25)12-26(35-24)14-34-15-26/h2-6,9-11,16,33H,7-8,12-15H2,1H3/b24-10-. The molecule has 1 N–H and O–H groups in total. The molecule has 8 nitrogen and oxygen atoms in total. The van der Waals surface area contributed by atoms with Gasteiger partial charge in [0, 0.05) is 17.4 Å². The van der Waals surface area contributed by atoms with Crippen molar-refractivity contribution in [2.45, 2.75) is 31.1 Å². The van der Waals surface area contributed by atoms with E-state index in [9.17, 15) is 9.50 Å². The fourth-order valence-electron chi connectivity index (χ4n) is 5.48. The van der Waals surface area contributed by atoms with E-state index < -0.39 is 11.3 Å². The van der Waals surface area contributed by atoms with Crippen molar-refractivity contribution in [3.05, 3.63) is 88.4 Å². The molecule has 2 aromatic carbocycles. The molecule has 1 aliphatic carbocycles. The van der Waals surface area contributed by atoms with Gasteiger partial charge in [0.1, 0.15) is 12.4 Å². The SMILES string of the molecule is Cc1cn(-c2ccc(/C=C3\OC4(COC4)CN4C3=NOC4(CO)c3ccc(F)cc3)c3c2CC3)cn1. The number of aliphatic hydroxyl groups excluding tert-OH is 1. The molecule has 4 aliphatic rings. The lowest BCUT2D eigenvalue weighted by atomic mass is 9.83. The van der Waals surface area contributed by atoms with E-state index in [-0.39, 0.29) is 12.4 Å². The van der Waals surface area contributed by atoms with Crippen LogP contribution in [0.5, 0.6) is 0 Å². The highest BCUT2D eigenvalue weighted by Crippen LogP contribution is 2.44. The van der Waals surface area contributed by atoms with E-state index in [1.807, 2.05) is 30.4 Å². The molecule has 1 spiro atoms. The van der Waals surface area contributed by atoms with Gasteiger partial charge in [0.05, 0.1) is 31.8 Å². The molecular formula is C27H25FN4O4. The number of hydrogen-bond donors (Lipinski definition) is 1. The van der Waals surface area contributed by atoms with Crippen molar-refractivity contribution >= 4 is 11.9 Å². The molecular weight excluding hydrogens is 463 g/mol. The maximum atomic E-state index is 13.6. The number of morpholine rings is 1. The second kappa shape index (κ2) is 7.65. The predicted octanol–water partition coefficient (Wildman–Crippen LogP) is 3.05. The molecule has 2 saturated heterocycles. The fourth-order valence-corrected chi connectivity index (χ4v) is 5.48.